The molecule has 8 aromatic rings. The van der Waals surface area contributed by atoms with Gasteiger partial charge in [-0.3, -0.25) is 4.99 Å². The SMILES string of the molecule is N=C(/C=C(\N=C\c1cccc(-c2ccc(-c3ccc4c(c3)-c3ccccc3C43c4ccccc4Oc4ccccc43)cc2)c1)c1ccccc1)c1ccccc1. The average molecular weight is 717 g/mol. The zero-order chi connectivity index (χ0) is 37.5. The lowest BCUT2D eigenvalue weighted by Crippen LogP contribution is -2.32. The van der Waals surface area contributed by atoms with Crippen LogP contribution < -0.4 is 4.74 Å². The van der Waals surface area contributed by atoms with E-state index in [9.17, 15) is 0 Å². The van der Waals surface area contributed by atoms with Crippen molar-refractivity contribution in [1.29, 1.82) is 5.41 Å². The molecule has 0 unspecified atom stereocenters. The van der Waals surface area contributed by atoms with Crippen LogP contribution in [0.15, 0.2) is 211 Å². The van der Waals surface area contributed by atoms with E-state index >= 15 is 0 Å². The standard InChI is InChI=1S/C53H36N2O/c54-49(39-15-3-1-4-16-39)34-50(40-17-5-2-6-18-40)55-35-36-14-13-19-41(32-36)37-26-28-38(29-27-37)42-30-31-46-44(33-42)43-20-7-8-21-45(43)53(46)47-22-9-11-24-51(47)56-52-25-12-10-23-48(52)53/h1-35,54H/b50-34-,54-49?,55-35+. The normalized spacial score (nSPS) is 13.4. The minimum atomic E-state index is -0.463. The van der Waals surface area contributed by atoms with Crippen molar-refractivity contribution in [3.05, 3.63) is 245 Å². The Hall–Kier alpha value is -7.36. The zero-order valence-electron chi connectivity index (χ0n) is 30.6. The number of benzene rings is 8. The van der Waals surface area contributed by atoms with Crippen LogP contribution in [0.1, 0.15) is 38.9 Å². The Morgan fingerprint density at radius 2 is 0.982 bits per heavy atom. The quantitative estimate of drug-likeness (QED) is 0.164. The molecule has 264 valence electrons. The van der Waals surface area contributed by atoms with E-state index in [4.69, 9.17) is 15.1 Å². The van der Waals surface area contributed by atoms with Gasteiger partial charge in [-0.15, -0.1) is 0 Å². The van der Waals surface area contributed by atoms with Gasteiger partial charge in [0.15, 0.2) is 0 Å². The van der Waals surface area contributed by atoms with Crippen LogP contribution in [0, 0.1) is 5.41 Å². The van der Waals surface area contributed by atoms with Crippen molar-refractivity contribution in [2.45, 2.75) is 5.41 Å². The first-order valence-corrected chi connectivity index (χ1v) is 18.9. The summed E-state index contributed by atoms with van der Waals surface area (Å²) in [6.45, 7) is 0. The summed E-state index contributed by atoms with van der Waals surface area (Å²) < 4.78 is 6.50. The second kappa shape index (κ2) is 13.8. The Morgan fingerprint density at radius 1 is 0.446 bits per heavy atom. The van der Waals surface area contributed by atoms with E-state index in [1.807, 2.05) is 73.0 Å². The van der Waals surface area contributed by atoms with E-state index in [0.717, 1.165) is 45.0 Å². The Morgan fingerprint density at radius 3 is 1.66 bits per heavy atom. The summed E-state index contributed by atoms with van der Waals surface area (Å²) in [5.41, 5.74) is 15.5. The minimum Gasteiger partial charge on any atom is -0.457 e. The number of aliphatic imine (C=N–C) groups is 1. The van der Waals surface area contributed by atoms with Crippen LogP contribution in [-0.2, 0) is 5.41 Å². The highest BCUT2D eigenvalue weighted by atomic mass is 16.5. The van der Waals surface area contributed by atoms with Crippen LogP contribution in [0.3, 0.4) is 0 Å². The van der Waals surface area contributed by atoms with Crippen molar-refractivity contribution in [3.63, 3.8) is 0 Å². The molecule has 3 heteroatoms. The lowest BCUT2D eigenvalue weighted by Gasteiger charge is -2.39. The average Bonchev–Trinajstić information content (AvgIpc) is 3.56. The molecule has 56 heavy (non-hydrogen) atoms. The van der Waals surface area contributed by atoms with Crippen LogP contribution in [0.5, 0.6) is 11.5 Å². The van der Waals surface area contributed by atoms with Crippen LogP contribution in [0.4, 0.5) is 0 Å². The van der Waals surface area contributed by atoms with Crippen LogP contribution >= 0.6 is 0 Å². The third kappa shape index (κ3) is 5.61. The molecule has 0 amide bonds. The molecule has 0 saturated heterocycles. The second-order valence-corrected chi connectivity index (χ2v) is 14.3. The Bertz CT molecular complexity index is 2790. The first-order valence-electron chi connectivity index (χ1n) is 18.9. The molecular weight excluding hydrogens is 681 g/mol. The molecule has 0 aromatic heterocycles. The smallest absolute Gasteiger partial charge is 0.132 e. The van der Waals surface area contributed by atoms with Crippen molar-refractivity contribution in [3.8, 4) is 44.9 Å². The van der Waals surface area contributed by atoms with Gasteiger partial charge in [-0.1, -0.05) is 176 Å². The molecule has 10 rings (SSSR count). The molecule has 0 fully saturated rings. The Labute approximate surface area is 327 Å². The highest BCUT2D eigenvalue weighted by Crippen LogP contribution is 2.62. The molecule has 1 N–H and O–H groups in total. The van der Waals surface area contributed by atoms with E-state index in [1.165, 1.54) is 44.5 Å². The molecule has 8 aromatic carbocycles. The monoisotopic (exact) mass is 716 g/mol. The van der Waals surface area contributed by atoms with Gasteiger partial charge in [-0.2, -0.15) is 0 Å². The van der Waals surface area contributed by atoms with Gasteiger partial charge in [0.25, 0.3) is 0 Å². The number of para-hydroxylation sites is 2. The number of fused-ring (bicyclic) bond motifs is 9. The molecule has 1 heterocycles. The molecule has 1 aliphatic carbocycles. The van der Waals surface area contributed by atoms with Crippen LogP contribution in [-0.4, -0.2) is 11.9 Å². The molecule has 1 aliphatic heterocycles. The van der Waals surface area contributed by atoms with Crippen molar-refractivity contribution < 1.29 is 4.74 Å². The van der Waals surface area contributed by atoms with Crippen molar-refractivity contribution in [2.24, 2.45) is 4.99 Å². The van der Waals surface area contributed by atoms with Crippen molar-refractivity contribution in [1.82, 2.24) is 0 Å². The molecule has 2 aliphatic rings. The topological polar surface area (TPSA) is 45.4 Å². The zero-order valence-corrected chi connectivity index (χ0v) is 30.6. The van der Waals surface area contributed by atoms with Gasteiger partial charge in [0.05, 0.1) is 16.8 Å². The van der Waals surface area contributed by atoms with Crippen molar-refractivity contribution in [2.75, 3.05) is 0 Å². The fraction of sp³-hybridized carbons (Fsp3) is 0.0189. The summed E-state index contributed by atoms with van der Waals surface area (Å²) in [7, 11) is 0. The summed E-state index contributed by atoms with van der Waals surface area (Å²) in [4.78, 5) is 4.91. The highest BCUT2D eigenvalue weighted by molar-refractivity contribution is 6.10. The van der Waals surface area contributed by atoms with Gasteiger partial charge in [0.2, 0.25) is 0 Å². The Kier molecular flexibility index (Phi) is 8.19. The minimum absolute atomic E-state index is 0.418. The number of ether oxygens (including phenoxy) is 1. The summed E-state index contributed by atoms with van der Waals surface area (Å²) >= 11 is 0. The van der Waals surface area contributed by atoms with Gasteiger partial charge in [0, 0.05) is 22.9 Å². The number of rotatable bonds is 7. The van der Waals surface area contributed by atoms with E-state index < -0.39 is 5.41 Å². The lowest BCUT2D eigenvalue weighted by molar-refractivity contribution is 0.436. The fourth-order valence-corrected chi connectivity index (χ4v) is 8.48. The van der Waals surface area contributed by atoms with Gasteiger partial charge in [-0.25, -0.2) is 0 Å². The molecule has 0 radical (unpaired) electrons. The van der Waals surface area contributed by atoms with Crippen LogP contribution in [0.25, 0.3) is 39.1 Å². The maximum Gasteiger partial charge on any atom is 0.132 e. The van der Waals surface area contributed by atoms with E-state index in [-0.39, 0.29) is 0 Å². The van der Waals surface area contributed by atoms with Gasteiger partial charge in [-0.05, 0) is 86.0 Å². The van der Waals surface area contributed by atoms with Gasteiger partial charge < -0.3 is 10.1 Å². The van der Waals surface area contributed by atoms with Gasteiger partial charge in [0.1, 0.15) is 11.5 Å². The molecule has 3 nitrogen and oxygen atoms in total. The fourth-order valence-electron chi connectivity index (χ4n) is 8.48. The molecule has 1 spiro atoms. The second-order valence-electron chi connectivity index (χ2n) is 14.3. The third-order valence-corrected chi connectivity index (χ3v) is 11.1. The predicted molar refractivity (Wildman–Crippen MR) is 230 cm³/mol. The maximum absolute atomic E-state index is 8.73. The van der Waals surface area contributed by atoms with E-state index in [1.54, 1.807) is 0 Å². The summed E-state index contributed by atoms with van der Waals surface area (Å²) in [6.07, 6.45) is 3.72. The number of nitrogens with zero attached hydrogens (tertiary/aromatic N) is 1. The van der Waals surface area contributed by atoms with Gasteiger partial charge >= 0.3 is 0 Å². The lowest BCUT2D eigenvalue weighted by atomic mass is 9.66. The number of hydrogen-bond donors (Lipinski definition) is 1. The molecule has 0 saturated carbocycles. The number of allylic oxidation sites excluding steroid dienone is 1. The third-order valence-electron chi connectivity index (χ3n) is 11.1. The first kappa shape index (κ1) is 33.2. The summed E-state index contributed by atoms with van der Waals surface area (Å²) in [6, 6.07) is 69.9. The largest absolute Gasteiger partial charge is 0.457 e. The molecule has 0 bridgehead atoms. The Balaban J connectivity index is 0.975. The maximum atomic E-state index is 8.73. The molecular formula is C53H36N2O. The van der Waals surface area contributed by atoms with E-state index in [2.05, 4.69) is 140 Å². The number of nitrogens with one attached hydrogen (secondary N) is 1. The first-order chi connectivity index (χ1) is 27.7. The summed E-state index contributed by atoms with van der Waals surface area (Å²) in [5, 5.41) is 8.73. The summed E-state index contributed by atoms with van der Waals surface area (Å²) in [5.74, 6) is 1.81. The molecule has 0 atom stereocenters. The number of hydrogen-bond acceptors (Lipinski definition) is 3. The highest BCUT2D eigenvalue weighted by Gasteiger charge is 2.50. The van der Waals surface area contributed by atoms with Crippen molar-refractivity contribution >= 4 is 17.6 Å². The van der Waals surface area contributed by atoms with E-state index in [0.29, 0.717) is 5.71 Å². The predicted octanol–water partition coefficient (Wildman–Crippen LogP) is 13.0. The van der Waals surface area contributed by atoms with Crippen LogP contribution in [0.2, 0.25) is 0 Å².